The van der Waals surface area contributed by atoms with Gasteiger partial charge < -0.3 is 4.42 Å². The fraction of sp³-hybridized carbons (Fsp3) is 0.471. The molecular formula is C17H21NO2. The SMILES string of the molecule is CCC1CCN(CC(=O)c2cc3ccccc3o2)CC1. The monoisotopic (exact) mass is 271 g/mol. The molecule has 0 saturated carbocycles. The molecule has 2 aromatic rings. The quantitative estimate of drug-likeness (QED) is 0.794. The summed E-state index contributed by atoms with van der Waals surface area (Å²) in [5, 5.41) is 1.00. The third kappa shape index (κ3) is 2.78. The third-order valence-corrected chi connectivity index (χ3v) is 4.35. The van der Waals surface area contributed by atoms with Crippen LogP contribution >= 0.6 is 0 Å². The highest BCUT2D eigenvalue weighted by atomic mass is 16.3. The number of rotatable bonds is 4. The van der Waals surface area contributed by atoms with Crippen molar-refractivity contribution in [2.45, 2.75) is 26.2 Å². The minimum Gasteiger partial charge on any atom is -0.453 e. The Morgan fingerprint density at radius 2 is 2.05 bits per heavy atom. The molecule has 1 aromatic carbocycles. The first kappa shape index (κ1) is 13.4. The van der Waals surface area contributed by atoms with Gasteiger partial charge in [-0.05, 0) is 44.0 Å². The molecule has 0 atom stereocenters. The number of likely N-dealkylation sites (tertiary alicyclic amines) is 1. The molecule has 1 saturated heterocycles. The van der Waals surface area contributed by atoms with Gasteiger partial charge in [0, 0.05) is 5.39 Å². The number of carbonyl (C=O) groups excluding carboxylic acids is 1. The Balaban J connectivity index is 1.64. The van der Waals surface area contributed by atoms with Crippen molar-refractivity contribution < 1.29 is 9.21 Å². The molecule has 0 amide bonds. The highest BCUT2D eigenvalue weighted by molar-refractivity contribution is 5.98. The second-order valence-corrected chi connectivity index (χ2v) is 5.70. The summed E-state index contributed by atoms with van der Waals surface area (Å²) in [6.07, 6.45) is 3.68. The zero-order chi connectivity index (χ0) is 13.9. The van der Waals surface area contributed by atoms with E-state index in [0.29, 0.717) is 12.3 Å². The number of piperidine rings is 1. The van der Waals surface area contributed by atoms with E-state index >= 15 is 0 Å². The molecule has 1 aromatic heterocycles. The number of Topliss-reactive ketones (excluding diaryl/α,β-unsaturated/α-hetero) is 1. The number of furan rings is 1. The van der Waals surface area contributed by atoms with Crippen molar-refractivity contribution in [2.24, 2.45) is 5.92 Å². The summed E-state index contributed by atoms with van der Waals surface area (Å²) in [4.78, 5) is 14.5. The molecule has 1 aliphatic heterocycles. The van der Waals surface area contributed by atoms with Crippen molar-refractivity contribution in [1.29, 1.82) is 0 Å². The Kier molecular flexibility index (Phi) is 3.88. The summed E-state index contributed by atoms with van der Waals surface area (Å²) < 4.78 is 5.64. The first-order chi connectivity index (χ1) is 9.76. The molecule has 0 N–H and O–H groups in total. The van der Waals surface area contributed by atoms with Gasteiger partial charge in [0.2, 0.25) is 5.78 Å². The maximum absolute atomic E-state index is 12.3. The van der Waals surface area contributed by atoms with Crippen LogP contribution in [0.4, 0.5) is 0 Å². The standard InChI is InChI=1S/C17H21NO2/c1-2-13-7-9-18(10-8-13)12-15(19)17-11-14-5-3-4-6-16(14)20-17/h3-6,11,13H,2,7-10,12H2,1H3. The van der Waals surface area contributed by atoms with Crippen LogP contribution in [0, 0.1) is 5.92 Å². The van der Waals surface area contributed by atoms with Crippen molar-refractivity contribution in [2.75, 3.05) is 19.6 Å². The van der Waals surface area contributed by atoms with E-state index in [9.17, 15) is 4.79 Å². The van der Waals surface area contributed by atoms with Crippen LogP contribution in [0.25, 0.3) is 11.0 Å². The number of nitrogens with zero attached hydrogens (tertiary/aromatic N) is 1. The molecule has 0 spiro atoms. The average molecular weight is 271 g/mol. The van der Waals surface area contributed by atoms with Crippen LogP contribution in [0.5, 0.6) is 0 Å². The number of benzene rings is 1. The van der Waals surface area contributed by atoms with Gasteiger partial charge in [0.1, 0.15) is 5.58 Å². The van der Waals surface area contributed by atoms with E-state index in [1.54, 1.807) is 0 Å². The molecule has 20 heavy (non-hydrogen) atoms. The molecule has 3 rings (SSSR count). The molecule has 106 valence electrons. The van der Waals surface area contributed by atoms with E-state index < -0.39 is 0 Å². The minimum absolute atomic E-state index is 0.0937. The molecule has 3 nitrogen and oxygen atoms in total. The van der Waals surface area contributed by atoms with E-state index in [-0.39, 0.29) is 5.78 Å². The van der Waals surface area contributed by atoms with Crippen LogP contribution in [0.15, 0.2) is 34.7 Å². The van der Waals surface area contributed by atoms with Crippen LogP contribution < -0.4 is 0 Å². The van der Waals surface area contributed by atoms with Gasteiger partial charge in [-0.1, -0.05) is 31.5 Å². The Labute approximate surface area is 119 Å². The van der Waals surface area contributed by atoms with Gasteiger partial charge in [-0.25, -0.2) is 0 Å². The summed E-state index contributed by atoms with van der Waals surface area (Å²) in [5.74, 6) is 1.42. The van der Waals surface area contributed by atoms with E-state index in [0.717, 1.165) is 30.0 Å². The van der Waals surface area contributed by atoms with Gasteiger partial charge in [-0.15, -0.1) is 0 Å². The summed E-state index contributed by atoms with van der Waals surface area (Å²) >= 11 is 0. The Morgan fingerprint density at radius 1 is 1.30 bits per heavy atom. The topological polar surface area (TPSA) is 33.5 Å². The maximum atomic E-state index is 12.3. The molecule has 0 aliphatic carbocycles. The van der Waals surface area contributed by atoms with Gasteiger partial charge in [0.25, 0.3) is 0 Å². The van der Waals surface area contributed by atoms with E-state index in [4.69, 9.17) is 4.42 Å². The van der Waals surface area contributed by atoms with Gasteiger partial charge in [-0.2, -0.15) is 0 Å². The first-order valence-electron chi connectivity index (χ1n) is 7.50. The predicted octanol–water partition coefficient (Wildman–Crippen LogP) is 3.74. The van der Waals surface area contributed by atoms with Crippen molar-refractivity contribution in [3.63, 3.8) is 0 Å². The van der Waals surface area contributed by atoms with Gasteiger partial charge in [-0.3, -0.25) is 9.69 Å². The number of fused-ring (bicyclic) bond motifs is 1. The van der Waals surface area contributed by atoms with Crippen LogP contribution in [-0.2, 0) is 0 Å². The molecule has 1 aliphatic rings. The number of hydrogen-bond acceptors (Lipinski definition) is 3. The summed E-state index contributed by atoms with van der Waals surface area (Å²) in [5.41, 5.74) is 0.792. The Morgan fingerprint density at radius 3 is 2.75 bits per heavy atom. The van der Waals surface area contributed by atoms with E-state index in [1.807, 2.05) is 30.3 Å². The predicted molar refractivity (Wildman–Crippen MR) is 80.0 cm³/mol. The molecule has 1 fully saturated rings. The van der Waals surface area contributed by atoms with Crippen LogP contribution in [0.1, 0.15) is 36.7 Å². The van der Waals surface area contributed by atoms with E-state index in [1.165, 1.54) is 19.3 Å². The highest BCUT2D eigenvalue weighted by Gasteiger charge is 2.21. The third-order valence-electron chi connectivity index (χ3n) is 4.35. The zero-order valence-corrected chi connectivity index (χ0v) is 12.0. The van der Waals surface area contributed by atoms with Crippen molar-refractivity contribution in [1.82, 2.24) is 4.90 Å². The highest BCUT2D eigenvalue weighted by Crippen LogP contribution is 2.22. The number of hydrogen-bond donors (Lipinski definition) is 0. The summed E-state index contributed by atoms with van der Waals surface area (Å²) in [6.45, 7) is 4.80. The van der Waals surface area contributed by atoms with Crippen LogP contribution in [-0.4, -0.2) is 30.3 Å². The van der Waals surface area contributed by atoms with Crippen molar-refractivity contribution in [3.05, 3.63) is 36.1 Å². The lowest BCUT2D eigenvalue weighted by molar-refractivity contribution is 0.0870. The molecule has 3 heteroatoms. The van der Waals surface area contributed by atoms with Crippen molar-refractivity contribution >= 4 is 16.8 Å². The summed E-state index contributed by atoms with van der Waals surface area (Å²) in [6, 6.07) is 9.62. The maximum Gasteiger partial charge on any atom is 0.211 e. The number of para-hydroxylation sites is 1. The lowest BCUT2D eigenvalue weighted by Gasteiger charge is -2.30. The fourth-order valence-corrected chi connectivity index (χ4v) is 2.95. The Bertz CT molecular complexity index is 561. The fourth-order valence-electron chi connectivity index (χ4n) is 2.95. The smallest absolute Gasteiger partial charge is 0.211 e. The number of ketones is 1. The number of carbonyl (C=O) groups is 1. The van der Waals surface area contributed by atoms with E-state index in [2.05, 4.69) is 11.8 Å². The van der Waals surface area contributed by atoms with Crippen LogP contribution in [0.2, 0.25) is 0 Å². The lowest BCUT2D eigenvalue weighted by Crippen LogP contribution is -2.37. The molecule has 0 unspecified atom stereocenters. The molecular weight excluding hydrogens is 250 g/mol. The second kappa shape index (κ2) is 5.80. The van der Waals surface area contributed by atoms with Gasteiger partial charge in [0.05, 0.1) is 6.54 Å². The van der Waals surface area contributed by atoms with Gasteiger partial charge >= 0.3 is 0 Å². The second-order valence-electron chi connectivity index (χ2n) is 5.70. The molecule has 0 radical (unpaired) electrons. The van der Waals surface area contributed by atoms with Crippen LogP contribution in [0.3, 0.4) is 0 Å². The average Bonchev–Trinajstić information content (AvgIpc) is 2.92. The molecule has 2 heterocycles. The molecule has 0 bridgehead atoms. The normalized spacial score (nSPS) is 17.6. The zero-order valence-electron chi connectivity index (χ0n) is 12.0. The lowest BCUT2D eigenvalue weighted by atomic mass is 9.94. The van der Waals surface area contributed by atoms with Crippen molar-refractivity contribution in [3.8, 4) is 0 Å². The Hall–Kier alpha value is -1.61. The minimum atomic E-state index is 0.0937. The van der Waals surface area contributed by atoms with Gasteiger partial charge in [0.15, 0.2) is 5.76 Å². The summed E-state index contributed by atoms with van der Waals surface area (Å²) in [7, 11) is 0. The largest absolute Gasteiger partial charge is 0.453 e. The first-order valence-corrected chi connectivity index (χ1v) is 7.50.